The van der Waals surface area contributed by atoms with E-state index in [2.05, 4.69) is 21.7 Å². The van der Waals surface area contributed by atoms with Gasteiger partial charge in [0, 0.05) is 21.5 Å². The fourth-order valence-corrected chi connectivity index (χ4v) is 4.65. The van der Waals surface area contributed by atoms with Gasteiger partial charge in [-0.1, -0.05) is 53.5 Å². The first kappa shape index (κ1) is 23.3. The molecule has 35 heavy (non-hydrogen) atoms. The van der Waals surface area contributed by atoms with Crippen LogP contribution >= 0.6 is 35.4 Å². The van der Waals surface area contributed by atoms with Gasteiger partial charge >= 0.3 is 0 Å². The van der Waals surface area contributed by atoms with Crippen LogP contribution in [0.5, 0.6) is 0 Å². The lowest BCUT2D eigenvalue weighted by Gasteiger charge is -2.13. The van der Waals surface area contributed by atoms with Crippen LogP contribution in [0.15, 0.2) is 71.1 Å². The summed E-state index contributed by atoms with van der Waals surface area (Å²) in [7, 11) is 0. The molecule has 2 N–H and O–H groups in total. The van der Waals surface area contributed by atoms with Gasteiger partial charge in [0.25, 0.3) is 5.91 Å². The van der Waals surface area contributed by atoms with Crippen molar-refractivity contribution in [2.45, 2.75) is 13.8 Å². The summed E-state index contributed by atoms with van der Waals surface area (Å²) in [6.45, 7) is 4.01. The van der Waals surface area contributed by atoms with Crippen LogP contribution in [0.25, 0.3) is 33.3 Å². The molecule has 0 saturated heterocycles. The second-order valence-electron chi connectivity index (χ2n) is 8.19. The van der Waals surface area contributed by atoms with Crippen molar-refractivity contribution in [1.82, 2.24) is 10.3 Å². The van der Waals surface area contributed by atoms with Crippen LogP contribution in [0.3, 0.4) is 0 Å². The standard InChI is InChI=1S/C27H19Cl2N3O2S/c1-14-11-15(2)24-23(12-14)30-26(34-24)16-9-10-21(29)22(13-16)31-27(35)32-25(33)19-7-3-6-18-17(19)5-4-8-20(18)28/h3-13H,1-2H3,(H2,31,32,33,35). The Morgan fingerprint density at radius 1 is 0.943 bits per heavy atom. The molecule has 0 fully saturated rings. The number of nitrogens with one attached hydrogen (secondary N) is 2. The quantitative estimate of drug-likeness (QED) is 0.239. The van der Waals surface area contributed by atoms with Crippen molar-refractivity contribution in [3.63, 3.8) is 0 Å². The minimum absolute atomic E-state index is 0.108. The van der Waals surface area contributed by atoms with Gasteiger partial charge in [-0.05, 0) is 79.0 Å². The molecule has 0 radical (unpaired) electrons. The number of anilines is 1. The zero-order valence-electron chi connectivity index (χ0n) is 18.8. The van der Waals surface area contributed by atoms with E-state index in [-0.39, 0.29) is 11.0 Å². The van der Waals surface area contributed by atoms with E-state index in [1.165, 1.54) is 0 Å². The molecule has 5 aromatic rings. The molecule has 0 aliphatic heterocycles. The third kappa shape index (κ3) is 4.60. The number of halogens is 2. The average Bonchev–Trinajstić information content (AvgIpc) is 3.25. The Kier molecular flexibility index (Phi) is 6.19. The number of amides is 1. The average molecular weight is 520 g/mol. The molecule has 0 atom stereocenters. The molecule has 0 unspecified atom stereocenters. The van der Waals surface area contributed by atoms with Gasteiger partial charge in [-0.2, -0.15) is 0 Å². The van der Waals surface area contributed by atoms with Crippen LogP contribution < -0.4 is 10.6 Å². The molecule has 0 spiro atoms. The molecule has 0 aliphatic carbocycles. The summed E-state index contributed by atoms with van der Waals surface area (Å²) in [5.41, 5.74) is 5.38. The van der Waals surface area contributed by atoms with Gasteiger partial charge in [0.05, 0.1) is 10.7 Å². The Labute approximate surface area is 217 Å². The van der Waals surface area contributed by atoms with Crippen molar-refractivity contribution in [3.8, 4) is 11.5 Å². The Morgan fingerprint density at radius 2 is 1.71 bits per heavy atom. The van der Waals surface area contributed by atoms with Crippen molar-refractivity contribution in [3.05, 3.63) is 93.5 Å². The number of rotatable bonds is 3. The first-order valence-electron chi connectivity index (χ1n) is 10.8. The van der Waals surface area contributed by atoms with E-state index in [0.717, 1.165) is 38.6 Å². The van der Waals surface area contributed by atoms with Gasteiger partial charge in [-0.15, -0.1) is 0 Å². The lowest BCUT2D eigenvalue weighted by atomic mass is 10.0. The van der Waals surface area contributed by atoms with Crippen LogP contribution in [0.4, 0.5) is 5.69 Å². The van der Waals surface area contributed by atoms with E-state index in [0.29, 0.717) is 27.2 Å². The van der Waals surface area contributed by atoms with Gasteiger partial charge in [0.2, 0.25) is 5.89 Å². The van der Waals surface area contributed by atoms with Crippen molar-refractivity contribution in [2.24, 2.45) is 0 Å². The maximum absolute atomic E-state index is 13.0. The maximum Gasteiger partial charge on any atom is 0.258 e. The normalized spacial score (nSPS) is 11.1. The van der Waals surface area contributed by atoms with Gasteiger partial charge in [-0.3, -0.25) is 10.1 Å². The molecule has 0 saturated carbocycles. The first-order valence-corrected chi connectivity index (χ1v) is 11.9. The van der Waals surface area contributed by atoms with Crippen LogP contribution in [0.2, 0.25) is 10.0 Å². The molecule has 1 aromatic heterocycles. The summed E-state index contributed by atoms with van der Waals surface area (Å²) in [6, 6.07) is 20.2. The Bertz CT molecular complexity index is 1650. The second-order valence-corrected chi connectivity index (χ2v) is 9.42. The number of aromatic nitrogens is 1. The summed E-state index contributed by atoms with van der Waals surface area (Å²) in [5.74, 6) is 0.114. The number of thiocarbonyl (C=S) groups is 1. The molecule has 5 rings (SSSR count). The molecule has 0 bridgehead atoms. The smallest absolute Gasteiger partial charge is 0.258 e. The summed E-state index contributed by atoms with van der Waals surface area (Å²) < 4.78 is 6.02. The fourth-order valence-electron chi connectivity index (χ4n) is 4.05. The van der Waals surface area contributed by atoms with Crippen LogP contribution in [-0.2, 0) is 0 Å². The van der Waals surface area contributed by atoms with Crippen molar-refractivity contribution >= 4 is 74.0 Å². The SMILES string of the molecule is Cc1cc(C)c2oc(-c3ccc(Cl)c(NC(=S)NC(=O)c4cccc5c(Cl)cccc45)c3)nc2c1. The fraction of sp³-hybridized carbons (Fsp3) is 0.0741. The van der Waals surface area contributed by atoms with E-state index < -0.39 is 0 Å². The molecule has 4 aromatic carbocycles. The number of benzene rings is 4. The van der Waals surface area contributed by atoms with Gasteiger partial charge in [-0.25, -0.2) is 4.98 Å². The second kappa shape index (κ2) is 9.30. The predicted octanol–water partition coefficient (Wildman–Crippen LogP) is 7.70. The minimum Gasteiger partial charge on any atom is -0.436 e. The molecule has 8 heteroatoms. The summed E-state index contributed by atoms with van der Waals surface area (Å²) >= 11 is 18.1. The highest BCUT2D eigenvalue weighted by molar-refractivity contribution is 7.80. The minimum atomic E-state index is -0.354. The molecular formula is C27H19Cl2N3O2S. The molecule has 174 valence electrons. The van der Waals surface area contributed by atoms with Gasteiger partial charge < -0.3 is 9.73 Å². The predicted molar refractivity (Wildman–Crippen MR) is 147 cm³/mol. The number of oxazole rings is 1. The zero-order valence-corrected chi connectivity index (χ0v) is 21.1. The van der Waals surface area contributed by atoms with Gasteiger partial charge in [0.15, 0.2) is 10.7 Å². The summed E-state index contributed by atoms with van der Waals surface area (Å²) in [4.78, 5) is 17.6. The largest absolute Gasteiger partial charge is 0.436 e. The number of fused-ring (bicyclic) bond motifs is 2. The van der Waals surface area contributed by atoms with E-state index in [9.17, 15) is 4.79 Å². The lowest BCUT2D eigenvalue weighted by molar-refractivity contribution is 0.0979. The molecule has 1 amide bonds. The highest BCUT2D eigenvalue weighted by atomic mass is 35.5. The van der Waals surface area contributed by atoms with E-state index in [4.69, 9.17) is 39.8 Å². The lowest BCUT2D eigenvalue weighted by Crippen LogP contribution is -2.34. The highest BCUT2D eigenvalue weighted by Gasteiger charge is 2.15. The van der Waals surface area contributed by atoms with Crippen molar-refractivity contribution in [2.75, 3.05) is 5.32 Å². The summed E-state index contributed by atoms with van der Waals surface area (Å²) in [6.07, 6.45) is 0. The molecule has 0 aliphatic rings. The molecule has 5 nitrogen and oxygen atoms in total. The summed E-state index contributed by atoms with van der Waals surface area (Å²) in [5, 5.41) is 8.37. The maximum atomic E-state index is 13.0. The van der Waals surface area contributed by atoms with Crippen molar-refractivity contribution in [1.29, 1.82) is 0 Å². The Morgan fingerprint density at radius 3 is 2.54 bits per heavy atom. The Hall–Kier alpha value is -3.45. The van der Waals surface area contributed by atoms with Crippen LogP contribution in [0, 0.1) is 13.8 Å². The Balaban J connectivity index is 1.39. The number of nitrogens with zero attached hydrogens (tertiary/aromatic N) is 1. The highest BCUT2D eigenvalue weighted by Crippen LogP contribution is 2.32. The molecule has 1 heterocycles. The van der Waals surface area contributed by atoms with E-state index >= 15 is 0 Å². The zero-order chi connectivity index (χ0) is 24.7. The number of aryl methyl sites for hydroxylation is 2. The number of carbonyl (C=O) groups excluding carboxylic acids is 1. The van der Waals surface area contributed by atoms with Gasteiger partial charge in [0.1, 0.15) is 5.52 Å². The van der Waals surface area contributed by atoms with Crippen LogP contribution in [-0.4, -0.2) is 16.0 Å². The first-order chi connectivity index (χ1) is 16.8. The molecular weight excluding hydrogens is 501 g/mol. The van der Waals surface area contributed by atoms with E-state index in [1.54, 1.807) is 36.4 Å². The van der Waals surface area contributed by atoms with Crippen molar-refractivity contribution < 1.29 is 9.21 Å². The van der Waals surface area contributed by atoms with Crippen LogP contribution in [0.1, 0.15) is 21.5 Å². The number of hydrogen-bond acceptors (Lipinski definition) is 4. The van der Waals surface area contributed by atoms with E-state index in [1.807, 2.05) is 38.1 Å². The monoisotopic (exact) mass is 519 g/mol. The third-order valence-electron chi connectivity index (χ3n) is 5.62. The number of carbonyl (C=O) groups is 1. The third-order valence-corrected chi connectivity index (χ3v) is 6.49. The topological polar surface area (TPSA) is 67.2 Å². The number of hydrogen-bond donors (Lipinski definition) is 2.